The fourth-order valence-corrected chi connectivity index (χ4v) is 2.03. The number of hydrogen-bond donors (Lipinski definition) is 1. The molecule has 0 aliphatic carbocycles. The van der Waals surface area contributed by atoms with Crippen LogP contribution in [0.1, 0.15) is 16.7 Å². The van der Waals surface area contributed by atoms with E-state index in [0.717, 1.165) is 11.1 Å². The fourth-order valence-electron chi connectivity index (χ4n) is 2.03. The highest BCUT2D eigenvalue weighted by molar-refractivity contribution is 5.78. The van der Waals surface area contributed by atoms with Crippen LogP contribution in [0, 0.1) is 6.92 Å². The normalized spacial score (nSPS) is 10.3. The van der Waals surface area contributed by atoms with Gasteiger partial charge in [0.05, 0.1) is 6.42 Å². The van der Waals surface area contributed by atoms with Crippen LogP contribution in [0.2, 0.25) is 0 Å². The summed E-state index contributed by atoms with van der Waals surface area (Å²) >= 11 is 0. The Morgan fingerprint density at radius 1 is 1.15 bits per heavy atom. The number of rotatable bonds is 4. The lowest BCUT2D eigenvalue weighted by molar-refractivity contribution is -0.120. The van der Waals surface area contributed by atoms with Crippen molar-refractivity contribution >= 4 is 5.91 Å². The van der Waals surface area contributed by atoms with Crippen molar-refractivity contribution in [3.63, 3.8) is 0 Å². The number of pyridine rings is 1. The highest BCUT2D eigenvalue weighted by atomic mass is 16.1. The smallest absolute Gasteiger partial charge is 0.255 e. The maximum absolute atomic E-state index is 11.9. The summed E-state index contributed by atoms with van der Waals surface area (Å²) in [5, 5.41) is 2.79. The average Bonchev–Trinajstić information content (AvgIpc) is 2.43. The topological polar surface area (TPSA) is 51.1 Å². The van der Waals surface area contributed by atoms with E-state index in [0.29, 0.717) is 12.0 Å². The average molecular weight is 270 g/mol. The van der Waals surface area contributed by atoms with Crippen LogP contribution in [-0.2, 0) is 24.8 Å². The fraction of sp³-hybridized carbons (Fsp3) is 0.250. The zero-order valence-electron chi connectivity index (χ0n) is 11.7. The van der Waals surface area contributed by atoms with E-state index in [1.54, 1.807) is 25.4 Å². The Hall–Kier alpha value is -2.36. The van der Waals surface area contributed by atoms with E-state index < -0.39 is 0 Å². The molecular weight excluding hydrogens is 252 g/mol. The monoisotopic (exact) mass is 270 g/mol. The summed E-state index contributed by atoms with van der Waals surface area (Å²) in [6.45, 7) is 2.24. The lowest BCUT2D eigenvalue weighted by Gasteiger charge is -2.08. The van der Waals surface area contributed by atoms with E-state index in [1.165, 1.54) is 4.57 Å². The number of benzene rings is 1. The van der Waals surface area contributed by atoms with Gasteiger partial charge in [0.25, 0.3) is 5.56 Å². The second-order valence-corrected chi connectivity index (χ2v) is 4.83. The van der Waals surface area contributed by atoms with Crippen molar-refractivity contribution in [2.24, 2.45) is 7.05 Å². The standard InChI is InChI=1S/C16H18N2O2/c1-12-6-3-4-7-13(12)10-15(19)17-11-14-8-5-9-18(2)16(14)20/h3-9H,10-11H2,1-2H3,(H,17,19). The lowest BCUT2D eigenvalue weighted by atomic mass is 10.1. The van der Waals surface area contributed by atoms with E-state index >= 15 is 0 Å². The third-order valence-corrected chi connectivity index (χ3v) is 3.29. The summed E-state index contributed by atoms with van der Waals surface area (Å²) in [6.07, 6.45) is 2.03. The Morgan fingerprint density at radius 2 is 1.85 bits per heavy atom. The Balaban J connectivity index is 1.98. The lowest BCUT2D eigenvalue weighted by Crippen LogP contribution is -2.29. The molecule has 1 heterocycles. The van der Waals surface area contributed by atoms with E-state index in [4.69, 9.17) is 0 Å². The molecule has 0 saturated carbocycles. The summed E-state index contributed by atoms with van der Waals surface area (Å²) in [5.74, 6) is -0.0785. The first-order valence-corrected chi connectivity index (χ1v) is 6.53. The third kappa shape index (κ3) is 3.35. The first kappa shape index (κ1) is 14.1. The van der Waals surface area contributed by atoms with Crippen LogP contribution in [0.15, 0.2) is 47.4 Å². The summed E-state index contributed by atoms with van der Waals surface area (Å²) < 4.78 is 1.50. The molecule has 1 aromatic carbocycles. The molecule has 0 radical (unpaired) electrons. The summed E-state index contributed by atoms with van der Waals surface area (Å²) in [6, 6.07) is 11.3. The Kier molecular flexibility index (Phi) is 4.35. The molecular formula is C16H18N2O2. The van der Waals surface area contributed by atoms with Gasteiger partial charge in [0.15, 0.2) is 0 Å². The SMILES string of the molecule is Cc1ccccc1CC(=O)NCc1cccn(C)c1=O. The van der Waals surface area contributed by atoms with Gasteiger partial charge in [0, 0.05) is 25.4 Å². The van der Waals surface area contributed by atoms with Gasteiger partial charge in [0.2, 0.25) is 5.91 Å². The van der Waals surface area contributed by atoms with Crippen LogP contribution in [0.25, 0.3) is 0 Å². The minimum absolute atomic E-state index is 0.0785. The molecule has 0 bridgehead atoms. The van der Waals surface area contributed by atoms with Gasteiger partial charge in [-0.2, -0.15) is 0 Å². The number of nitrogens with one attached hydrogen (secondary N) is 1. The number of nitrogens with zero attached hydrogens (tertiary/aromatic N) is 1. The Morgan fingerprint density at radius 3 is 2.60 bits per heavy atom. The molecule has 1 N–H and O–H groups in total. The van der Waals surface area contributed by atoms with Crippen molar-refractivity contribution < 1.29 is 4.79 Å². The third-order valence-electron chi connectivity index (χ3n) is 3.29. The molecule has 0 fully saturated rings. The number of aromatic nitrogens is 1. The molecule has 1 amide bonds. The van der Waals surface area contributed by atoms with E-state index in [9.17, 15) is 9.59 Å². The van der Waals surface area contributed by atoms with E-state index in [2.05, 4.69) is 5.32 Å². The molecule has 2 aromatic rings. The van der Waals surface area contributed by atoms with Crippen LogP contribution in [0.3, 0.4) is 0 Å². The van der Waals surface area contributed by atoms with Gasteiger partial charge in [0.1, 0.15) is 0 Å². The molecule has 1 aromatic heterocycles. The molecule has 0 spiro atoms. The molecule has 2 rings (SSSR count). The molecule has 0 unspecified atom stereocenters. The Bertz CT molecular complexity index is 674. The zero-order valence-corrected chi connectivity index (χ0v) is 11.7. The second kappa shape index (κ2) is 6.19. The number of carbonyl (C=O) groups excluding carboxylic acids is 1. The van der Waals surface area contributed by atoms with Crippen molar-refractivity contribution in [3.05, 3.63) is 69.6 Å². The Labute approximate surface area is 118 Å². The van der Waals surface area contributed by atoms with Gasteiger partial charge in [-0.15, -0.1) is 0 Å². The molecule has 0 saturated heterocycles. The quantitative estimate of drug-likeness (QED) is 0.916. The van der Waals surface area contributed by atoms with Gasteiger partial charge in [-0.05, 0) is 24.1 Å². The van der Waals surface area contributed by atoms with E-state index in [1.807, 2.05) is 31.2 Å². The van der Waals surface area contributed by atoms with Gasteiger partial charge >= 0.3 is 0 Å². The highest BCUT2D eigenvalue weighted by Gasteiger charge is 2.07. The first-order chi connectivity index (χ1) is 9.58. The van der Waals surface area contributed by atoms with Gasteiger partial charge in [-0.25, -0.2) is 0 Å². The van der Waals surface area contributed by atoms with Crippen molar-refractivity contribution in [1.82, 2.24) is 9.88 Å². The molecule has 0 aliphatic heterocycles. The van der Waals surface area contributed by atoms with Gasteiger partial charge in [-0.3, -0.25) is 9.59 Å². The summed E-state index contributed by atoms with van der Waals surface area (Å²) in [4.78, 5) is 23.7. The number of hydrogen-bond acceptors (Lipinski definition) is 2. The van der Waals surface area contributed by atoms with Crippen molar-refractivity contribution in [2.75, 3.05) is 0 Å². The number of aryl methyl sites for hydroxylation is 2. The van der Waals surface area contributed by atoms with Crippen molar-refractivity contribution in [2.45, 2.75) is 19.9 Å². The van der Waals surface area contributed by atoms with Gasteiger partial charge < -0.3 is 9.88 Å². The van der Waals surface area contributed by atoms with Gasteiger partial charge in [-0.1, -0.05) is 30.3 Å². The second-order valence-electron chi connectivity index (χ2n) is 4.83. The minimum Gasteiger partial charge on any atom is -0.352 e. The van der Waals surface area contributed by atoms with Crippen LogP contribution < -0.4 is 10.9 Å². The zero-order chi connectivity index (χ0) is 14.5. The molecule has 20 heavy (non-hydrogen) atoms. The number of amides is 1. The predicted molar refractivity (Wildman–Crippen MR) is 78.4 cm³/mol. The van der Waals surface area contributed by atoms with E-state index in [-0.39, 0.29) is 18.0 Å². The van der Waals surface area contributed by atoms with Crippen molar-refractivity contribution in [3.8, 4) is 0 Å². The first-order valence-electron chi connectivity index (χ1n) is 6.53. The highest BCUT2D eigenvalue weighted by Crippen LogP contribution is 2.07. The number of carbonyl (C=O) groups is 1. The van der Waals surface area contributed by atoms with Crippen LogP contribution in [0.4, 0.5) is 0 Å². The van der Waals surface area contributed by atoms with Crippen LogP contribution >= 0.6 is 0 Å². The van der Waals surface area contributed by atoms with Crippen LogP contribution in [0.5, 0.6) is 0 Å². The molecule has 0 atom stereocenters. The van der Waals surface area contributed by atoms with Crippen LogP contribution in [-0.4, -0.2) is 10.5 Å². The molecule has 4 nitrogen and oxygen atoms in total. The predicted octanol–water partition coefficient (Wildman–Crippen LogP) is 1.55. The molecule has 0 aliphatic rings. The maximum Gasteiger partial charge on any atom is 0.255 e. The summed E-state index contributed by atoms with van der Waals surface area (Å²) in [5.41, 5.74) is 2.61. The maximum atomic E-state index is 11.9. The largest absolute Gasteiger partial charge is 0.352 e. The minimum atomic E-state index is -0.0799. The molecule has 104 valence electrons. The van der Waals surface area contributed by atoms with Crippen molar-refractivity contribution in [1.29, 1.82) is 0 Å². The molecule has 4 heteroatoms. The summed E-state index contributed by atoms with van der Waals surface area (Å²) in [7, 11) is 1.70.